The van der Waals surface area contributed by atoms with Gasteiger partial charge in [-0.3, -0.25) is 4.79 Å². The largest absolute Gasteiger partial charge is 0.491 e. The first kappa shape index (κ1) is 13.6. The van der Waals surface area contributed by atoms with Crippen molar-refractivity contribution in [1.29, 1.82) is 0 Å². The second kappa shape index (κ2) is 5.89. The van der Waals surface area contributed by atoms with Crippen LogP contribution in [0.15, 0.2) is 35.1 Å². The predicted octanol–water partition coefficient (Wildman–Crippen LogP) is 2.96. The topological polar surface area (TPSA) is 55.0 Å². The molecule has 0 aliphatic rings. The summed E-state index contributed by atoms with van der Waals surface area (Å²) < 4.78 is 5.63. The second-order valence-electron chi connectivity index (χ2n) is 4.44. The molecule has 1 N–H and O–H groups in total. The van der Waals surface area contributed by atoms with Crippen LogP contribution in [0.2, 0.25) is 0 Å². The Balaban J connectivity index is 2.38. The van der Waals surface area contributed by atoms with Gasteiger partial charge in [-0.05, 0) is 32.0 Å². The maximum absolute atomic E-state index is 11.4. The number of ether oxygens (including phenoxy) is 1. The first-order chi connectivity index (χ1) is 9.10. The Morgan fingerprint density at radius 2 is 2.16 bits per heavy atom. The molecule has 2 rings (SSSR count). The summed E-state index contributed by atoms with van der Waals surface area (Å²) in [5, 5.41) is 6.47. The number of halogens is 1. The maximum Gasteiger partial charge on any atom is 0.268 e. The van der Waals surface area contributed by atoms with E-state index in [1.807, 2.05) is 38.1 Å². The van der Waals surface area contributed by atoms with Crippen molar-refractivity contribution < 1.29 is 4.74 Å². The summed E-state index contributed by atoms with van der Waals surface area (Å²) in [5.41, 5.74) is 1.79. The molecule has 0 amide bonds. The molecule has 0 spiro atoms. The lowest BCUT2D eigenvalue weighted by atomic mass is 10.1. The number of rotatable bonds is 4. The van der Waals surface area contributed by atoms with Gasteiger partial charge in [0.15, 0.2) is 0 Å². The number of benzene rings is 1. The van der Waals surface area contributed by atoms with E-state index in [0.717, 1.165) is 11.3 Å². The first-order valence-corrected chi connectivity index (χ1v) is 6.55. The fraction of sp³-hybridized carbons (Fsp3) is 0.286. The molecule has 0 radical (unpaired) electrons. The fourth-order valence-corrected chi connectivity index (χ4v) is 1.89. The van der Waals surface area contributed by atoms with Crippen molar-refractivity contribution in [1.82, 2.24) is 10.2 Å². The van der Waals surface area contributed by atoms with Gasteiger partial charge in [0.25, 0.3) is 5.56 Å². The normalized spacial score (nSPS) is 10.7. The highest BCUT2D eigenvalue weighted by atomic mass is 35.5. The molecule has 0 aliphatic heterocycles. The summed E-state index contributed by atoms with van der Waals surface area (Å²) in [6.07, 6.45) is 0.109. The zero-order chi connectivity index (χ0) is 13.8. The molecule has 0 aliphatic carbocycles. The van der Waals surface area contributed by atoms with Crippen molar-refractivity contribution in [2.75, 3.05) is 0 Å². The highest BCUT2D eigenvalue weighted by Gasteiger charge is 2.06. The minimum Gasteiger partial charge on any atom is -0.491 e. The lowest BCUT2D eigenvalue weighted by Gasteiger charge is -2.10. The van der Waals surface area contributed by atoms with E-state index in [4.69, 9.17) is 16.3 Å². The van der Waals surface area contributed by atoms with Crippen LogP contribution in [0.25, 0.3) is 11.3 Å². The summed E-state index contributed by atoms with van der Waals surface area (Å²) in [6.45, 7) is 3.94. The summed E-state index contributed by atoms with van der Waals surface area (Å²) in [5.74, 6) is 0.931. The van der Waals surface area contributed by atoms with E-state index in [9.17, 15) is 4.79 Å². The second-order valence-corrected chi connectivity index (χ2v) is 4.70. The number of nitrogens with one attached hydrogen (secondary N) is 1. The molecule has 1 heterocycles. The van der Waals surface area contributed by atoms with Crippen LogP contribution < -0.4 is 10.3 Å². The molecule has 0 saturated heterocycles. The van der Waals surface area contributed by atoms with E-state index in [1.54, 1.807) is 6.07 Å². The first-order valence-electron chi connectivity index (χ1n) is 6.02. The van der Waals surface area contributed by atoms with Crippen LogP contribution >= 0.6 is 11.6 Å². The van der Waals surface area contributed by atoms with Gasteiger partial charge in [-0.1, -0.05) is 12.1 Å². The Labute approximate surface area is 116 Å². The van der Waals surface area contributed by atoms with Gasteiger partial charge in [-0.25, -0.2) is 5.10 Å². The number of H-pyrrole nitrogens is 1. The van der Waals surface area contributed by atoms with Gasteiger partial charge in [-0.15, -0.1) is 11.6 Å². The average molecular weight is 279 g/mol. The number of alkyl halides is 1. The summed E-state index contributed by atoms with van der Waals surface area (Å²) in [4.78, 5) is 11.4. The van der Waals surface area contributed by atoms with Crippen LogP contribution in [0.5, 0.6) is 5.75 Å². The molecule has 1 aromatic carbocycles. The van der Waals surface area contributed by atoms with Gasteiger partial charge in [0.1, 0.15) is 5.75 Å². The number of hydrogen-bond acceptors (Lipinski definition) is 3. The Morgan fingerprint density at radius 3 is 2.84 bits per heavy atom. The molecule has 0 fully saturated rings. The summed E-state index contributed by atoms with van der Waals surface area (Å²) in [6, 6.07) is 9.27. The number of nitrogens with zero attached hydrogens (tertiary/aromatic N) is 1. The Kier molecular flexibility index (Phi) is 4.22. The zero-order valence-corrected chi connectivity index (χ0v) is 11.6. The third-order valence-electron chi connectivity index (χ3n) is 2.53. The van der Waals surface area contributed by atoms with Gasteiger partial charge in [0.05, 0.1) is 17.7 Å². The lowest BCUT2D eigenvalue weighted by molar-refractivity contribution is 0.242. The Bertz CT molecular complexity index is 623. The minimum atomic E-state index is -0.256. The van der Waals surface area contributed by atoms with Crippen molar-refractivity contribution in [2.24, 2.45) is 0 Å². The lowest BCUT2D eigenvalue weighted by Crippen LogP contribution is -2.13. The van der Waals surface area contributed by atoms with Crippen molar-refractivity contribution in [2.45, 2.75) is 25.8 Å². The summed E-state index contributed by atoms with van der Waals surface area (Å²) >= 11 is 5.72. The molecule has 4 nitrogen and oxygen atoms in total. The van der Waals surface area contributed by atoms with Gasteiger partial charge < -0.3 is 4.74 Å². The van der Waals surface area contributed by atoms with Crippen LogP contribution in [0.4, 0.5) is 0 Å². The predicted molar refractivity (Wildman–Crippen MR) is 75.6 cm³/mol. The molecule has 0 atom stereocenters. The van der Waals surface area contributed by atoms with Gasteiger partial charge in [-0.2, -0.15) is 5.10 Å². The van der Waals surface area contributed by atoms with Crippen molar-refractivity contribution in [3.8, 4) is 17.0 Å². The monoisotopic (exact) mass is 278 g/mol. The smallest absolute Gasteiger partial charge is 0.268 e. The van der Waals surface area contributed by atoms with E-state index >= 15 is 0 Å². The van der Waals surface area contributed by atoms with E-state index in [0.29, 0.717) is 11.3 Å². The molecule has 5 heteroatoms. The van der Waals surface area contributed by atoms with Crippen LogP contribution in [0, 0.1) is 0 Å². The minimum absolute atomic E-state index is 0.109. The molecule has 1 aromatic heterocycles. The zero-order valence-electron chi connectivity index (χ0n) is 10.8. The SMILES string of the molecule is CC(C)Oc1cccc(-c2cc(CCl)c(=O)[nH]n2)c1. The molecular formula is C14H15ClN2O2. The number of aromatic amines is 1. The van der Waals surface area contributed by atoms with Gasteiger partial charge >= 0.3 is 0 Å². The summed E-state index contributed by atoms with van der Waals surface area (Å²) in [7, 11) is 0. The molecular weight excluding hydrogens is 264 g/mol. The standard InChI is InChI=1S/C14H15ClN2O2/c1-9(2)19-12-5-3-4-10(6-12)13-7-11(8-15)14(18)17-16-13/h3-7,9H,8H2,1-2H3,(H,17,18). The molecule has 2 aromatic rings. The van der Waals surface area contributed by atoms with E-state index in [1.165, 1.54) is 0 Å². The van der Waals surface area contributed by atoms with E-state index in [2.05, 4.69) is 10.2 Å². The molecule has 0 bridgehead atoms. The fourth-order valence-electron chi connectivity index (χ4n) is 1.69. The van der Waals surface area contributed by atoms with Crippen LogP contribution in [0.1, 0.15) is 19.4 Å². The van der Waals surface area contributed by atoms with Crippen LogP contribution in [0.3, 0.4) is 0 Å². The molecule has 0 unspecified atom stereocenters. The highest BCUT2D eigenvalue weighted by molar-refractivity contribution is 6.17. The van der Waals surface area contributed by atoms with Crippen LogP contribution in [-0.4, -0.2) is 16.3 Å². The van der Waals surface area contributed by atoms with Crippen molar-refractivity contribution >= 4 is 11.6 Å². The van der Waals surface area contributed by atoms with Crippen LogP contribution in [-0.2, 0) is 5.88 Å². The van der Waals surface area contributed by atoms with E-state index in [-0.39, 0.29) is 17.5 Å². The highest BCUT2D eigenvalue weighted by Crippen LogP contribution is 2.22. The van der Waals surface area contributed by atoms with Crippen molar-refractivity contribution in [3.63, 3.8) is 0 Å². The molecule has 0 saturated carbocycles. The van der Waals surface area contributed by atoms with Gasteiger partial charge in [0, 0.05) is 11.1 Å². The molecule has 100 valence electrons. The molecule has 19 heavy (non-hydrogen) atoms. The van der Waals surface area contributed by atoms with E-state index < -0.39 is 0 Å². The third-order valence-corrected chi connectivity index (χ3v) is 2.81. The number of hydrogen-bond donors (Lipinski definition) is 1. The average Bonchev–Trinajstić information content (AvgIpc) is 2.39. The van der Waals surface area contributed by atoms with Gasteiger partial charge in [0.2, 0.25) is 0 Å². The third kappa shape index (κ3) is 3.35. The number of aromatic nitrogens is 2. The Hall–Kier alpha value is -1.81. The van der Waals surface area contributed by atoms with Crippen molar-refractivity contribution in [3.05, 3.63) is 46.2 Å². The quantitative estimate of drug-likeness (QED) is 0.875. The maximum atomic E-state index is 11.4. The Morgan fingerprint density at radius 1 is 1.37 bits per heavy atom.